The van der Waals surface area contributed by atoms with Gasteiger partial charge in [-0.15, -0.1) is 0 Å². The summed E-state index contributed by atoms with van der Waals surface area (Å²) in [6.07, 6.45) is 3.77. The van der Waals surface area contributed by atoms with Crippen LogP contribution in [0.15, 0.2) is 36.4 Å². The third-order valence-corrected chi connectivity index (χ3v) is 6.64. The number of hydrogen-bond donors (Lipinski definition) is 3. The predicted molar refractivity (Wildman–Crippen MR) is 136 cm³/mol. The Morgan fingerprint density at radius 1 is 0.971 bits per heavy atom. The highest BCUT2D eigenvalue weighted by molar-refractivity contribution is 9.08. The second-order valence-corrected chi connectivity index (χ2v) is 9.55. The maximum absolute atomic E-state index is 13.1. The number of alkyl halides is 1. The summed E-state index contributed by atoms with van der Waals surface area (Å²) in [4.78, 5) is 62.4. The van der Waals surface area contributed by atoms with Crippen molar-refractivity contribution < 1.29 is 24.0 Å². The Hall–Kier alpha value is -3.01. The summed E-state index contributed by atoms with van der Waals surface area (Å²) in [6, 6.07) is 6.50. The number of imide groups is 1. The highest BCUT2D eigenvalue weighted by atomic mass is 79.9. The van der Waals surface area contributed by atoms with E-state index >= 15 is 0 Å². The number of carbonyl (C=O) groups excluding carboxylic acids is 5. The predicted octanol–water partition coefficient (Wildman–Crippen LogP) is 2.49. The molecule has 1 aromatic carbocycles. The first-order valence-electron chi connectivity index (χ1n) is 11.6. The van der Waals surface area contributed by atoms with Crippen LogP contribution in [0.4, 0.5) is 5.69 Å². The summed E-state index contributed by atoms with van der Waals surface area (Å²) < 4.78 is 0. The van der Waals surface area contributed by atoms with Gasteiger partial charge in [0.15, 0.2) is 0 Å². The molecule has 1 aliphatic rings. The molecule has 0 aromatic heterocycles. The number of carbonyl (C=O) groups is 5. The minimum Gasteiger partial charge on any atom is -0.369 e. The molecule has 1 unspecified atom stereocenters. The van der Waals surface area contributed by atoms with Gasteiger partial charge in [0.1, 0.15) is 6.04 Å². The summed E-state index contributed by atoms with van der Waals surface area (Å²) >= 11 is 3.37. The molecule has 4 N–H and O–H groups in total. The fourth-order valence-electron chi connectivity index (χ4n) is 4.04. The Morgan fingerprint density at radius 2 is 1.57 bits per heavy atom. The Labute approximate surface area is 214 Å². The molecule has 9 nitrogen and oxygen atoms in total. The maximum Gasteiger partial charge on any atom is 0.253 e. The summed E-state index contributed by atoms with van der Waals surface area (Å²) in [6.45, 7) is 5.46. The molecular formula is C25H33BrN4O5. The van der Waals surface area contributed by atoms with Crippen LogP contribution in [0, 0.1) is 17.8 Å². The molecule has 0 bridgehead atoms. The van der Waals surface area contributed by atoms with Crippen molar-refractivity contribution in [3.05, 3.63) is 42.0 Å². The Balaban J connectivity index is 1.95. The van der Waals surface area contributed by atoms with Gasteiger partial charge in [0.25, 0.3) is 11.8 Å². The average Bonchev–Trinajstić information content (AvgIpc) is 3.12. The van der Waals surface area contributed by atoms with Crippen LogP contribution in [-0.4, -0.2) is 47.0 Å². The first-order chi connectivity index (χ1) is 16.5. The van der Waals surface area contributed by atoms with Gasteiger partial charge in [-0.2, -0.15) is 0 Å². The molecule has 0 radical (unpaired) electrons. The molecule has 3 atom stereocenters. The zero-order chi connectivity index (χ0) is 26.1. The van der Waals surface area contributed by atoms with Crippen LogP contribution in [0.2, 0.25) is 0 Å². The van der Waals surface area contributed by atoms with E-state index in [-0.39, 0.29) is 30.2 Å². The number of nitrogens with one attached hydrogen (secondary N) is 2. The van der Waals surface area contributed by atoms with E-state index < -0.39 is 29.7 Å². The Bertz CT molecular complexity index is 959. The standard InChI is InChI=1S/C25H33BrN4O5/c1-15(2)22(19(23(27)33)6-4-5-13-30-20(31)11-12-21(30)32)25(35)28-16(3)24(34)29-18-9-7-17(14-26)8-10-18/h7-12,15-16,19,22H,4-6,13-14H2,1-3H3,(H2,27,33)(H,28,35)(H,29,34)/t16-,19?,22-/m0/s1. The number of anilines is 1. The number of nitrogens with two attached hydrogens (primary N) is 1. The minimum absolute atomic E-state index is 0.203. The van der Waals surface area contributed by atoms with Crippen LogP contribution in [-0.2, 0) is 29.3 Å². The lowest BCUT2D eigenvalue weighted by molar-refractivity contribution is -0.137. The monoisotopic (exact) mass is 548 g/mol. The largest absolute Gasteiger partial charge is 0.369 e. The van der Waals surface area contributed by atoms with Crippen molar-refractivity contribution in [1.82, 2.24) is 10.2 Å². The Morgan fingerprint density at radius 3 is 2.09 bits per heavy atom. The van der Waals surface area contributed by atoms with E-state index in [4.69, 9.17) is 5.73 Å². The SMILES string of the molecule is CC(C)[C@H](C(=O)N[C@@H](C)C(=O)Nc1ccc(CBr)cc1)C(CCCCN1C(=O)C=CC1=O)C(N)=O. The van der Waals surface area contributed by atoms with Crippen LogP contribution in [0.3, 0.4) is 0 Å². The molecule has 5 amide bonds. The minimum atomic E-state index is -0.826. The molecule has 0 spiro atoms. The first-order valence-corrected chi connectivity index (χ1v) is 12.8. The quantitative estimate of drug-likeness (QED) is 0.197. The number of primary amides is 1. The summed E-state index contributed by atoms with van der Waals surface area (Å²) in [5.74, 6) is -3.78. The zero-order valence-corrected chi connectivity index (χ0v) is 21.8. The molecule has 0 aliphatic carbocycles. The van der Waals surface area contributed by atoms with Crippen LogP contribution >= 0.6 is 15.9 Å². The van der Waals surface area contributed by atoms with Gasteiger partial charge in [0.2, 0.25) is 17.7 Å². The number of benzene rings is 1. The molecule has 1 heterocycles. The Kier molecular flexibility index (Phi) is 10.6. The molecule has 190 valence electrons. The van der Waals surface area contributed by atoms with Crippen molar-refractivity contribution in [1.29, 1.82) is 0 Å². The number of rotatable bonds is 13. The fourth-order valence-corrected chi connectivity index (χ4v) is 4.41. The summed E-state index contributed by atoms with van der Waals surface area (Å²) in [5.41, 5.74) is 7.33. The van der Waals surface area contributed by atoms with Gasteiger partial charge in [-0.05, 0) is 43.4 Å². The van der Waals surface area contributed by atoms with E-state index in [1.807, 2.05) is 26.0 Å². The summed E-state index contributed by atoms with van der Waals surface area (Å²) in [7, 11) is 0. The normalized spacial score (nSPS) is 15.7. The number of unbranched alkanes of at least 4 members (excludes halogenated alkanes) is 1. The van der Waals surface area contributed by atoms with Crippen LogP contribution in [0.5, 0.6) is 0 Å². The molecule has 0 saturated carbocycles. The lowest BCUT2D eigenvalue weighted by Gasteiger charge is -2.28. The van der Waals surface area contributed by atoms with Crippen LogP contribution in [0.25, 0.3) is 0 Å². The maximum atomic E-state index is 13.1. The van der Waals surface area contributed by atoms with Gasteiger partial charge in [-0.3, -0.25) is 28.9 Å². The van der Waals surface area contributed by atoms with Crippen molar-refractivity contribution in [2.45, 2.75) is 51.4 Å². The van der Waals surface area contributed by atoms with Crippen molar-refractivity contribution in [3.63, 3.8) is 0 Å². The van der Waals surface area contributed by atoms with Gasteiger partial charge in [0.05, 0.1) is 5.92 Å². The zero-order valence-electron chi connectivity index (χ0n) is 20.3. The van der Waals surface area contributed by atoms with Crippen LogP contribution < -0.4 is 16.4 Å². The lowest BCUT2D eigenvalue weighted by Crippen LogP contribution is -2.48. The smallest absolute Gasteiger partial charge is 0.253 e. The topological polar surface area (TPSA) is 139 Å². The van der Waals surface area contributed by atoms with Crippen LogP contribution in [0.1, 0.15) is 45.6 Å². The molecular weight excluding hydrogens is 516 g/mol. The molecule has 0 fully saturated rings. The van der Waals surface area contributed by atoms with E-state index in [0.717, 1.165) is 10.5 Å². The van der Waals surface area contributed by atoms with Crippen molar-refractivity contribution in [3.8, 4) is 0 Å². The molecule has 0 saturated heterocycles. The van der Waals surface area contributed by atoms with E-state index in [0.29, 0.717) is 30.3 Å². The van der Waals surface area contributed by atoms with Gasteiger partial charge >= 0.3 is 0 Å². The first kappa shape index (κ1) is 28.2. The highest BCUT2D eigenvalue weighted by Gasteiger charge is 2.35. The fraction of sp³-hybridized carbons (Fsp3) is 0.480. The van der Waals surface area contributed by atoms with Crippen molar-refractivity contribution in [2.75, 3.05) is 11.9 Å². The number of hydrogen-bond acceptors (Lipinski definition) is 5. The molecule has 10 heteroatoms. The molecule has 1 aromatic rings. The molecule has 2 rings (SSSR count). The van der Waals surface area contributed by atoms with Gasteiger partial charge in [-0.1, -0.05) is 48.3 Å². The third kappa shape index (κ3) is 8.02. The molecule has 1 aliphatic heterocycles. The lowest BCUT2D eigenvalue weighted by atomic mass is 9.79. The van der Waals surface area contributed by atoms with Crippen molar-refractivity contribution in [2.24, 2.45) is 23.5 Å². The van der Waals surface area contributed by atoms with E-state index in [1.54, 1.807) is 19.1 Å². The second-order valence-electron chi connectivity index (χ2n) is 8.99. The molecule has 35 heavy (non-hydrogen) atoms. The number of nitrogens with zero attached hydrogens (tertiary/aromatic N) is 1. The number of halogens is 1. The van der Waals surface area contributed by atoms with Gasteiger partial charge in [-0.25, -0.2) is 0 Å². The van der Waals surface area contributed by atoms with E-state index in [1.165, 1.54) is 12.2 Å². The number of amides is 5. The highest BCUT2D eigenvalue weighted by Crippen LogP contribution is 2.26. The summed E-state index contributed by atoms with van der Waals surface area (Å²) in [5, 5.41) is 6.19. The van der Waals surface area contributed by atoms with E-state index in [9.17, 15) is 24.0 Å². The third-order valence-electron chi connectivity index (χ3n) is 6.00. The average molecular weight is 549 g/mol. The van der Waals surface area contributed by atoms with Gasteiger partial charge < -0.3 is 16.4 Å². The van der Waals surface area contributed by atoms with Crippen molar-refractivity contribution >= 4 is 51.2 Å². The second kappa shape index (κ2) is 13.2. The van der Waals surface area contributed by atoms with E-state index in [2.05, 4.69) is 26.6 Å². The van der Waals surface area contributed by atoms with Gasteiger partial charge in [0, 0.05) is 35.6 Å².